The molecule has 4 nitrogen and oxygen atoms in total. The topological polar surface area (TPSA) is 38.1 Å². The number of piperidine rings is 1. The fourth-order valence-electron chi connectivity index (χ4n) is 3.65. The molecule has 1 saturated heterocycles. The second-order valence-electron chi connectivity index (χ2n) is 6.68. The van der Waals surface area contributed by atoms with Gasteiger partial charge in [0, 0.05) is 44.4 Å². The maximum Gasteiger partial charge on any atom is 0.222 e. The number of benzene rings is 1. The molecule has 0 spiro atoms. The molecule has 1 aliphatic rings. The van der Waals surface area contributed by atoms with Crippen molar-refractivity contribution in [1.82, 2.24) is 14.5 Å². The van der Waals surface area contributed by atoms with Crippen LogP contribution in [-0.4, -0.2) is 33.4 Å². The van der Waals surface area contributed by atoms with Crippen molar-refractivity contribution in [1.29, 1.82) is 0 Å². The van der Waals surface area contributed by atoms with Gasteiger partial charge in [0.2, 0.25) is 5.91 Å². The molecule has 4 heteroatoms. The minimum Gasteiger partial charge on any atom is -0.342 e. The van der Waals surface area contributed by atoms with Crippen LogP contribution in [0.2, 0.25) is 0 Å². The van der Waals surface area contributed by atoms with E-state index in [2.05, 4.69) is 35.5 Å². The Balaban J connectivity index is 1.60. The van der Waals surface area contributed by atoms with Gasteiger partial charge in [-0.25, -0.2) is 4.98 Å². The quantitative estimate of drug-likeness (QED) is 0.843. The molecule has 1 aromatic carbocycles. The van der Waals surface area contributed by atoms with Gasteiger partial charge in [0.05, 0.1) is 0 Å². The lowest BCUT2D eigenvalue weighted by Crippen LogP contribution is -2.39. The first-order chi connectivity index (χ1) is 11.7. The summed E-state index contributed by atoms with van der Waals surface area (Å²) in [6.45, 7) is 6.88. The molecule has 3 rings (SSSR count). The third kappa shape index (κ3) is 3.69. The number of carbonyl (C=O) groups is 1. The minimum atomic E-state index is 0.276. The number of amides is 1. The molecule has 1 amide bonds. The molecule has 1 atom stereocenters. The molecule has 0 unspecified atom stereocenters. The van der Waals surface area contributed by atoms with Crippen LogP contribution in [0, 0.1) is 6.92 Å². The Labute approximate surface area is 144 Å². The molecule has 1 aromatic heterocycles. The lowest BCUT2D eigenvalue weighted by molar-refractivity contribution is -0.132. The summed E-state index contributed by atoms with van der Waals surface area (Å²) in [5, 5.41) is 0. The zero-order chi connectivity index (χ0) is 16.9. The lowest BCUT2D eigenvalue weighted by atomic mass is 9.96. The van der Waals surface area contributed by atoms with Crippen molar-refractivity contribution in [3.05, 3.63) is 53.6 Å². The number of carbonyl (C=O) groups excluding carboxylic acids is 1. The number of imidazole rings is 1. The van der Waals surface area contributed by atoms with Crippen LogP contribution in [-0.2, 0) is 17.8 Å². The van der Waals surface area contributed by atoms with E-state index in [1.807, 2.05) is 29.4 Å². The van der Waals surface area contributed by atoms with Crippen LogP contribution in [0.25, 0.3) is 0 Å². The highest BCUT2D eigenvalue weighted by Gasteiger charge is 2.27. The third-order valence-electron chi connectivity index (χ3n) is 5.10. The van der Waals surface area contributed by atoms with Gasteiger partial charge in [0.15, 0.2) is 0 Å². The summed E-state index contributed by atoms with van der Waals surface area (Å²) in [4.78, 5) is 19.2. The second kappa shape index (κ2) is 7.65. The highest BCUT2D eigenvalue weighted by Crippen LogP contribution is 2.26. The number of aromatic nitrogens is 2. The average Bonchev–Trinajstić information content (AvgIpc) is 3.09. The molecule has 0 aliphatic carbocycles. The van der Waals surface area contributed by atoms with Crippen molar-refractivity contribution >= 4 is 5.91 Å². The van der Waals surface area contributed by atoms with E-state index in [0.29, 0.717) is 12.3 Å². The fourth-order valence-corrected chi connectivity index (χ4v) is 3.65. The van der Waals surface area contributed by atoms with Crippen molar-refractivity contribution in [2.75, 3.05) is 13.1 Å². The Morgan fingerprint density at radius 2 is 2.17 bits per heavy atom. The molecule has 1 fully saturated rings. The first kappa shape index (κ1) is 16.7. The Hall–Kier alpha value is -2.10. The SMILES string of the molecule is CCn1ccnc1[C@H]1CCCN(C(=O)CCc2ccccc2C)C1. The molecule has 0 bridgehead atoms. The van der Waals surface area contributed by atoms with Crippen molar-refractivity contribution in [3.63, 3.8) is 0 Å². The monoisotopic (exact) mass is 325 g/mol. The first-order valence-electron chi connectivity index (χ1n) is 9.02. The fraction of sp³-hybridized carbons (Fsp3) is 0.500. The number of rotatable bonds is 5. The van der Waals surface area contributed by atoms with Gasteiger partial charge >= 0.3 is 0 Å². The van der Waals surface area contributed by atoms with Gasteiger partial charge in [0.1, 0.15) is 5.82 Å². The Morgan fingerprint density at radius 3 is 2.96 bits per heavy atom. The normalized spacial score (nSPS) is 17.9. The van der Waals surface area contributed by atoms with Crippen LogP contribution in [0.15, 0.2) is 36.7 Å². The Kier molecular flexibility index (Phi) is 5.34. The highest BCUT2D eigenvalue weighted by molar-refractivity contribution is 5.76. The first-order valence-corrected chi connectivity index (χ1v) is 9.02. The van der Waals surface area contributed by atoms with E-state index in [4.69, 9.17) is 0 Å². The number of likely N-dealkylation sites (tertiary alicyclic amines) is 1. The maximum atomic E-state index is 12.7. The summed E-state index contributed by atoms with van der Waals surface area (Å²) in [5.74, 6) is 1.78. The largest absolute Gasteiger partial charge is 0.342 e. The minimum absolute atomic E-state index is 0.276. The summed E-state index contributed by atoms with van der Waals surface area (Å²) >= 11 is 0. The smallest absolute Gasteiger partial charge is 0.222 e. The van der Waals surface area contributed by atoms with Crippen LogP contribution < -0.4 is 0 Å². The van der Waals surface area contributed by atoms with Gasteiger partial charge < -0.3 is 9.47 Å². The predicted molar refractivity (Wildman–Crippen MR) is 96.0 cm³/mol. The highest BCUT2D eigenvalue weighted by atomic mass is 16.2. The number of aryl methyl sites for hydroxylation is 3. The van der Waals surface area contributed by atoms with Gasteiger partial charge in [0.25, 0.3) is 0 Å². The second-order valence-corrected chi connectivity index (χ2v) is 6.68. The van der Waals surface area contributed by atoms with E-state index in [0.717, 1.165) is 44.7 Å². The molecule has 24 heavy (non-hydrogen) atoms. The summed E-state index contributed by atoms with van der Waals surface area (Å²) < 4.78 is 2.20. The van der Waals surface area contributed by atoms with E-state index >= 15 is 0 Å². The van der Waals surface area contributed by atoms with Gasteiger partial charge in [-0.15, -0.1) is 0 Å². The van der Waals surface area contributed by atoms with Crippen molar-refractivity contribution < 1.29 is 4.79 Å². The number of nitrogens with zero attached hydrogens (tertiary/aromatic N) is 3. The van der Waals surface area contributed by atoms with E-state index < -0.39 is 0 Å². The van der Waals surface area contributed by atoms with E-state index in [-0.39, 0.29) is 5.91 Å². The van der Waals surface area contributed by atoms with Crippen LogP contribution in [0.1, 0.15) is 49.1 Å². The molecule has 0 radical (unpaired) electrons. The molecule has 0 N–H and O–H groups in total. The zero-order valence-corrected chi connectivity index (χ0v) is 14.7. The summed E-state index contributed by atoms with van der Waals surface area (Å²) in [6, 6.07) is 8.33. The number of hydrogen-bond donors (Lipinski definition) is 0. The van der Waals surface area contributed by atoms with E-state index in [1.165, 1.54) is 11.1 Å². The van der Waals surface area contributed by atoms with Gasteiger partial charge in [-0.1, -0.05) is 24.3 Å². The molecule has 2 heterocycles. The Morgan fingerprint density at radius 1 is 1.33 bits per heavy atom. The standard InChI is InChI=1S/C20H27N3O/c1-3-22-14-12-21-20(22)18-9-6-13-23(15-18)19(24)11-10-17-8-5-4-7-16(17)2/h4-5,7-8,12,14,18H,3,6,9-11,13,15H2,1-2H3/t18-/m0/s1. The molecule has 0 saturated carbocycles. The molecular weight excluding hydrogens is 298 g/mol. The van der Waals surface area contributed by atoms with E-state index in [9.17, 15) is 4.79 Å². The van der Waals surface area contributed by atoms with Crippen molar-refractivity contribution in [2.45, 2.75) is 52.0 Å². The summed E-state index contributed by atoms with van der Waals surface area (Å²) in [5.41, 5.74) is 2.55. The number of hydrogen-bond acceptors (Lipinski definition) is 2. The zero-order valence-electron chi connectivity index (χ0n) is 14.7. The van der Waals surface area contributed by atoms with Gasteiger partial charge in [-0.2, -0.15) is 0 Å². The van der Waals surface area contributed by atoms with Crippen LogP contribution in [0.5, 0.6) is 0 Å². The van der Waals surface area contributed by atoms with Gasteiger partial charge in [-0.3, -0.25) is 4.79 Å². The molecule has 128 valence electrons. The summed E-state index contributed by atoms with van der Waals surface area (Å²) in [6.07, 6.45) is 7.53. The molecular formula is C20H27N3O. The van der Waals surface area contributed by atoms with E-state index in [1.54, 1.807) is 0 Å². The maximum absolute atomic E-state index is 12.7. The lowest BCUT2D eigenvalue weighted by Gasteiger charge is -2.32. The van der Waals surface area contributed by atoms with Crippen LogP contribution >= 0.6 is 0 Å². The average molecular weight is 325 g/mol. The van der Waals surface area contributed by atoms with Crippen molar-refractivity contribution in [3.8, 4) is 0 Å². The van der Waals surface area contributed by atoms with Gasteiger partial charge in [-0.05, 0) is 44.2 Å². The predicted octanol–water partition coefficient (Wildman–Crippen LogP) is 3.55. The molecule has 1 aliphatic heterocycles. The van der Waals surface area contributed by atoms with Crippen LogP contribution in [0.3, 0.4) is 0 Å². The molecule has 2 aromatic rings. The Bertz CT molecular complexity index is 692. The van der Waals surface area contributed by atoms with Crippen molar-refractivity contribution in [2.24, 2.45) is 0 Å². The third-order valence-corrected chi connectivity index (χ3v) is 5.10. The van der Waals surface area contributed by atoms with Crippen LogP contribution in [0.4, 0.5) is 0 Å². The summed E-state index contributed by atoms with van der Waals surface area (Å²) in [7, 11) is 0.